The van der Waals surface area contributed by atoms with Gasteiger partial charge in [0.15, 0.2) is 0 Å². The molecule has 1 aliphatic rings. The molecule has 0 saturated heterocycles. The minimum Gasteiger partial charge on any atom is -0.496 e. The first-order chi connectivity index (χ1) is 13.5. The summed E-state index contributed by atoms with van der Waals surface area (Å²) < 4.78 is 16.9. The van der Waals surface area contributed by atoms with Crippen molar-refractivity contribution < 1.29 is 19.0 Å². The van der Waals surface area contributed by atoms with Crippen LogP contribution in [0, 0.1) is 0 Å². The van der Waals surface area contributed by atoms with Crippen molar-refractivity contribution in [3.63, 3.8) is 0 Å². The smallest absolute Gasteiger partial charge is 0.246 e. The number of methoxy groups -OCH3 is 2. The maximum absolute atomic E-state index is 12.4. The van der Waals surface area contributed by atoms with Crippen LogP contribution in [0.1, 0.15) is 61.4 Å². The third kappa shape index (κ3) is 4.84. The van der Waals surface area contributed by atoms with Crippen molar-refractivity contribution in [1.82, 2.24) is 5.32 Å². The zero-order valence-electron chi connectivity index (χ0n) is 17.0. The van der Waals surface area contributed by atoms with E-state index < -0.39 is 0 Å². The molecular formula is C23H29NO4. The fourth-order valence-electron chi connectivity index (χ4n) is 3.37. The number of nitrogens with one attached hydrogen (secondary N) is 1. The predicted octanol–water partition coefficient (Wildman–Crippen LogP) is 4.54. The zero-order chi connectivity index (χ0) is 20.1. The standard InChI is InChI=1S/C23H29NO4/c1-15(24-22(25)14-28-16(2)17-8-6-5-7-9-17)19-12-20(26-3)23(18-10-11-18)21(13-19)27-4/h5-9,12-13,15-16,18H,10-11,14H2,1-4H3,(H,24,25). The first-order valence-corrected chi connectivity index (χ1v) is 9.75. The van der Waals surface area contributed by atoms with Gasteiger partial charge in [0.1, 0.15) is 18.1 Å². The minimum absolute atomic E-state index is 0.00876. The molecule has 2 atom stereocenters. The van der Waals surface area contributed by atoms with E-state index >= 15 is 0 Å². The lowest BCUT2D eigenvalue weighted by Gasteiger charge is -2.20. The van der Waals surface area contributed by atoms with Crippen LogP contribution in [0.5, 0.6) is 11.5 Å². The normalized spacial score (nSPS) is 15.6. The van der Waals surface area contributed by atoms with E-state index in [4.69, 9.17) is 14.2 Å². The second-order valence-corrected chi connectivity index (χ2v) is 7.27. The van der Waals surface area contributed by atoms with E-state index in [1.165, 1.54) is 0 Å². The number of hydrogen-bond donors (Lipinski definition) is 1. The van der Waals surface area contributed by atoms with Crippen LogP contribution in [-0.4, -0.2) is 26.7 Å². The van der Waals surface area contributed by atoms with Gasteiger partial charge in [-0.05, 0) is 55.9 Å². The van der Waals surface area contributed by atoms with E-state index in [1.807, 2.05) is 56.3 Å². The molecule has 28 heavy (non-hydrogen) atoms. The van der Waals surface area contributed by atoms with Crippen LogP contribution in [0.3, 0.4) is 0 Å². The van der Waals surface area contributed by atoms with E-state index in [2.05, 4.69) is 5.32 Å². The lowest BCUT2D eigenvalue weighted by atomic mass is 10.0. The lowest BCUT2D eigenvalue weighted by molar-refractivity contribution is -0.128. The molecule has 0 aromatic heterocycles. The summed E-state index contributed by atoms with van der Waals surface area (Å²) in [6.45, 7) is 3.90. The van der Waals surface area contributed by atoms with Crippen LogP contribution in [0.25, 0.3) is 0 Å². The molecule has 1 N–H and O–H groups in total. The van der Waals surface area contributed by atoms with Gasteiger partial charge in [-0.25, -0.2) is 0 Å². The maximum atomic E-state index is 12.4. The first-order valence-electron chi connectivity index (χ1n) is 9.75. The number of amides is 1. The third-order valence-electron chi connectivity index (χ3n) is 5.16. The molecule has 0 bridgehead atoms. The summed E-state index contributed by atoms with van der Waals surface area (Å²) in [5, 5.41) is 2.99. The molecule has 0 radical (unpaired) electrons. The van der Waals surface area contributed by atoms with E-state index in [1.54, 1.807) is 14.2 Å². The molecule has 1 fully saturated rings. The molecule has 5 heteroatoms. The van der Waals surface area contributed by atoms with E-state index in [0.717, 1.165) is 41.0 Å². The summed E-state index contributed by atoms with van der Waals surface area (Å²) >= 11 is 0. The Morgan fingerprint density at radius 3 is 2.18 bits per heavy atom. The Morgan fingerprint density at radius 2 is 1.64 bits per heavy atom. The van der Waals surface area contributed by atoms with Gasteiger partial charge in [-0.1, -0.05) is 30.3 Å². The number of carbonyl (C=O) groups is 1. The van der Waals surface area contributed by atoms with Gasteiger partial charge in [0, 0.05) is 5.56 Å². The van der Waals surface area contributed by atoms with Crippen molar-refractivity contribution in [2.24, 2.45) is 0 Å². The highest BCUT2D eigenvalue weighted by Gasteiger charge is 2.31. The molecule has 5 nitrogen and oxygen atoms in total. The molecule has 1 saturated carbocycles. The van der Waals surface area contributed by atoms with Crippen LogP contribution < -0.4 is 14.8 Å². The highest BCUT2D eigenvalue weighted by Crippen LogP contribution is 2.49. The maximum Gasteiger partial charge on any atom is 0.246 e. The Hall–Kier alpha value is -2.53. The average Bonchev–Trinajstić information content (AvgIpc) is 3.56. The molecule has 2 aromatic carbocycles. The Labute approximate surface area is 167 Å². The van der Waals surface area contributed by atoms with Gasteiger partial charge >= 0.3 is 0 Å². The largest absolute Gasteiger partial charge is 0.496 e. The van der Waals surface area contributed by atoms with Gasteiger partial charge in [0.2, 0.25) is 5.91 Å². The highest BCUT2D eigenvalue weighted by atomic mass is 16.5. The van der Waals surface area contributed by atoms with Crippen molar-refractivity contribution >= 4 is 5.91 Å². The third-order valence-corrected chi connectivity index (χ3v) is 5.16. The van der Waals surface area contributed by atoms with Gasteiger partial charge < -0.3 is 19.5 Å². The SMILES string of the molecule is COc1cc(C(C)NC(=O)COC(C)c2ccccc2)cc(OC)c1C1CC1. The number of carbonyl (C=O) groups excluding carboxylic acids is 1. The highest BCUT2D eigenvalue weighted by molar-refractivity contribution is 5.77. The van der Waals surface area contributed by atoms with E-state index in [-0.39, 0.29) is 24.7 Å². The van der Waals surface area contributed by atoms with E-state index in [9.17, 15) is 4.79 Å². The van der Waals surface area contributed by atoms with Gasteiger partial charge in [0.25, 0.3) is 0 Å². The summed E-state index contributed by atoms with van der Waals surface area (Å²) in [5.74, 6) is 2.01. The Morgan fingerprint density at radius 1 is 1.04 bits per heavy atom. The lowest BCUT2D eigenvalue weighted by Crippen LogP contribution is -2.30. The number of rotatable bonds is 9. The molecule has 0 spiro atoms. The summed E-state index contributed by atoms with van der Waals surface area (Å²) in [5.41, 5.74) is 3.13. The topological polar surface area (TPSA) is 56.8 Å². The second kappa shape index (κ2) is 9.11. The van der Waals surface area contributed by atoms with Crippen LogP contribution in [0.15, 0.2) is 42.5 Å². The van der Waals surface area contributed by atoms with Gasteiger partial charge in [-0.15, -0.1) is 0 Å². The van der Waals surface area contributed by atoms with E-state index in [0.29, 0.717) is 5.92 Å². The summed E-state index contributed by atoms with van der Waals surface area (Å²) in [7, 11) is 3.35. The summed E-state index contributed by atoms with van der Waals surface area (Å²) in [6.07, 6.45) is 2.19. The zero-order valence-corrected chi connectivity index (χ0v) is 17.0. The molecule has 0 aliphatic heterocycles. The molecule has 3 rings (SSSR count). The van der Waals surface area contributed by atoms with Crippen LogP contribution >= 0.6 is 0 Å². The molecule has 0 heterocycles. The molecule has 1 aliphatic carbocycles. The number of benzene rings is 2. The number of hydrogen-bond acceptors (Lipinski definition) is 4. The second-order valence-electron chi connectivity index (χ2n) is 7.27. The van der Waals surface area contributed by atoms with Crippen LogP contribution in [0.4, 0.5) is 0 Å². The predicted molar refractivity (Wildman–Crippen MR) is 109 cm³/mol. The minimum atomic E-state index is -0.181. The molecule has 2 unspecified atom stereocenters. The molecular weight excluding hydrogens is 354 g/mol. The summed E-state index contributed by atoms with van der Waals surface area (Å²) in [6, 6.07) is 13.7. The monoisotopic (exact) mass is 383 g/mol. The fraction of sp³-hybridized carbons (Fsp3) is 0.435. The van der Waals surface area contributed by atoms with Crippen molar-refractivity contribution in [2.45, 2.75) is 44.8 Å². The summed E-state index contributed by atoms with van der Waals surface area (Å²) in [4.78, 5) is 12.4. The van der Waals surface area contributed by atoms with Gasteiger partial charge in [0.05, 0.1) is 26.4 Å². The Bertz CT molecular complexity index is 776. The Balaban J connectivity index is 1.62. The average molecular weight is 383 g/mol. The molecule has 1 amide bonds. The van der Waals surface area contributed by atoms with Crippen molar-refractivity contribution in [2.75, 3.05) is 20.8 Å². The van der Waals surface area contributed by atoms with Gasteiger partial charge in [-0.2, -0.15) is 0 Å². The molecule has 2 aromatic rings. The Kier molecular flexibility index (Phi) is 6.57. The molecule has 150 valence electrons. The number of ether oxygens (including phenoxy) is 3. The van der Waals surface area contributed by atoms with Crippen molar-refractivity contribution in [1.29, 1.82) is 0 Å². The fourth-order valence-corrected chi connectivity index (χ4v) is 3.37. The van der Waals surface area contributed by atoms with Crippen LogP contribution in [0.2, 0.25) is 0 Å². The van der Waals surface area contributed by atoms with Gasteiger partial charge in [-0.3, -0.25) is 4.79 Å². The van der Waals surface area contributed by atoms with Crippen molar-refractivity contribution in [3.05, 3.63) is 59.2 Å². The quantitative estimate of drug-likeness (QED) is 0.691. The first kappa shape index (κ1) is 20.2. The van der Waals surface area contributed by atoms with Crippen LogP contribution in [-0.2, 0) is 9.53 Å². The van der Waals surface area contributed by atoms with Crippen molar-refractivity contribution in [3.8, 4) is 11.5 Å².